The van der Waals surface area contributed by atoms with Crippen LogP contribution in [-0.2, 0) is 6.61 Å². The zero-order chi connectivity index (χ0) is 24.8. The molecule has 1 N–H and O–H groups in total. The Kier molecular flexibility index (Phi) is 7.40. The van der Waals surface area contributed by atoms with Gasteiger partial charge in [-0.1, -0.05) is 0 Å². The number of rotatable bonds is 10. The van der Waals surface area contributed by atoms with E-state index < -0.39 is 5.91 Å². The summed E-state index contributed by atoms with van der Waals surface area (Å²) in [6.45, 7) is 10.2. The molecule has 1 amide bonds. The van der Waals surface area contributed by atoms with Crippen molar-refractivity contribution in [3.8, 4) is 11.4 Å². The topological polar surface area (TPSA) is 85.1 Å². The van der Waals surface area contributed by atoms with Gasteiger partial charge in [0.25, 0.3) is 0 Å². The third kappa shape index (κ3) is 5.66. The number of amides is 1. The van der Waals surface area contributed by atoms with Crippen LogP contribution in [0.4, 0.5) is 5.88 Å². The van der Waals surface area contributed by atoms with Gasteiger partial charge in [0.2, 0.25) is 0 Å². The molecule has 8 nitrogen and oxygen atoms in total. The van der Waals surface area contributed by atoms with Gasteiger partial charge in [0.05, 0.1) is 6.21 Å². The van der Waals surface area contributed by atoms with E-state index >= 15 is 0 Å². The van der Waals surface area contributed by atoms with E-state index in [4.69, 9.17) is 13.6 Å². The molecule has 35 heavy (non-hydrogen) atoms. The number of anilines is 1. The van der Waals surface area contributed by atoms with Crippen LogP contribution in [0.25, 0.3) is 5.69 Å². The Morgan fingerprint density at radius 1 is 0.971 bits per heavy atom. The first-order valence-corrected chi connectivity index (χ1v) is 11.6. The highest BCUT2D eigenvalue weighted by atomic mass is 16.5. The summed E-state index contributed by atoms with van der Waals surface area (Å²) in [5.41, 5.74) is 5.88. The number of carbonyl (C=O) groups is 1. The maximum atomic E-state index is 12.3. The van der Waals surface area contributed by atoms with Gasteiger partial charge in [-0.25, -0.2) is 5.43 Å². The number of carbonyl (C=O) groups excluding carboxylic acids is 1. The first kappa shape index (κ1) is 23.9. The monoisotopic (exact) mass is 474 g/mol. The number of hydrogen-bond acceptors (Lipinski definition) is 6. The molecule has 8 heteroatoms. The van der Waals surface area contributed by atoms with E-state index in [-0.39, 0.29) is 12.4 Å². The molecule has 0 atom stereocenters. The van der Waals surface area contributed by atoms with Crippen molar-refractivity contribution < 1.29 is 18.4 Å². The summed E-state index contributed by atoms with van der Waals surface area (Å²) in [5, 5.41) is 3.96. The summed E-state index contributed by atoms with van der Waals surface area (Å²) < 4.78 is 19.3. The Hall–Kier alpha value is -4.20. The van der Waals surface area contributed by atoms with Gasteiger partial charge in [0.1, 0.15) is 23.9 Å². The van der Waals surface area contributed by atoms with Crippen molar-refractivity contribution in [3.63, 3.8) is 0 Å². The van der Waals surface area contributed by atoms with Crippen LogP contribution in [0.3, 0.4) is 0 Å². The van der Waals surface area contributed by atoms with Crippen molar-refractivity contribution in [2.75, 3.05) is 18.0 Å². The lowest BCUT2D eigenvalue weighted by Crippen LogP contribution is -2.20. The van der Waals surface area contributed by atoms with Crippen LogP contribution in [0, 0.1) is 13.8 Å². The van der Waals surface area contributed by atoms with E-state index in [1.54, 1.807) is 18.2 Å². The van der Waals surface area contributed by atoms with Gasteiger partial charge in [0.15, 0.2) is 11.6 Å². The first-order valence-electron chi connectivity index (χ1n) is 11.6. The predicted molar refractivity (Wildman–Crippen MR) is 136 cm³/mol. The molecule has 4 aromatic rings. The second-order valence-corrected chi connectivity index (χ2v) is 8.05. The highest BCUT2D eigenvalue weighted by molar-refractivity contribution is 5.92. The van der Waals surface area contributed by atoms with Gasteiger partial charge in [-0.2, -0.15) is 5.10 Å². The average Bonchev–Trinajstić information content (AvgIpc) is 3.60. The predicted octanol–water partition coefficient (Wildman–Crippen LogP) is 5.47. The van der Waals surface area contributed by atoms with E-state index in [1.807, 2.05) is 30.3 Å². The van der Waals surface area contributed by atoms with E-state index in [9.17, 15) is 4.79 Å². The number of aryl methyl sites for hydroxylation is 2. The number of nitrogens with zero attached hydrogens (tertiary/aromatic N) is 3. The molecule has 0 radical (unpaired) electrons. The Morgan fingerprint density at radius 2 is 1.69 bits per heavy atom. The molecule has 3 aromatic heterocycles. The summed E-state index contributed by atoms with van der Waals surface area (Å²) in [7, 11) is 0. The molecule has 182 valence electrons. The van der Waals surface area contributed by atoms with Crippen molar-refractivity contribution in [1.29, 1.82) is 0 Å². The fraction of sp³-hybridized carbons (Fsp3) is 0.259. The molecule has 0 unspecified atom stereocenters. The van der Waals surface area contributed by atoms with Crippen molar-refractivity contribution in [2.24, 2.45) is 5.10 Å². The first-order chi connectivity index (χ1) is 17.0. The second-order valence-electron chi connectivity index (χ2n) is 8.05. The molecular weight excluding hydrogens is 444 g/mol. The third-order valence-corrected chi connectivity index (χ3v) is 5.68. The number of benzene rings is 1. The molecule has 3 heterocycles. The molecule has 0 aliphatic rings. The minimum atomic E-state index is -0.454. The van der Waals surface area contributed by atoms with Crippen LogP contribution < -0.4 is 15.1 Å². The van der Waals surface area contributed by atoms with Crippen LogP contribution in [-0.4, -0.2) is 29.8 Å². The number of aromatic nitrogens is 1. The normalized spacial score (nSPS) is 11.2. The minimum Gasteiger partial charge on any atom is -0.486 e. The molecule has 0 fully saturated rings. The smallest absolute Gasteiger partial charge is 0.307 e. The van der Waals surface area contributed by atoms with Crippen molar-refractivity contribution in [1.82, 2.24) is 9.99 Å². The van der Waals surface area contributed by atoms with Gasteiger partial charge in [-0.15, -0.1) is 0 Å². The van der Waals surface area contributed by atoms with E-state index in [0.29, 0.717) is 17.3 Å². The standard InChI is InChI=1S/C27H30N4O4/c1-5-30(6-2)26-16-14-23(35-26)17-28-29-27(32)25-15-13-24(34-25)18-33-22-11-9-21(10-12-22)31-19(3)7-8-20(31)4/h7-17H,5-6,18H2,1-4H3,(H,29,32). The van der Waals surface area contributed by atoms with E-state index in [0.717, 1.165) is 24.7 Å². The summed E-state index contributed by atoms with van der Waals surface area (Å²) in [4.78, 5) is 14.4. The molecule has 1 aromatic carbocycles. The van der Waals surface area contributed by atoms with Gasteiger partial charge in [-0.05, 0) is 82.3 Å². The van der Waals surface area contributed by atoms with Gasteiger partial charge in [-0.3, -0.25) is 4.79 Å². The molecule has 4 rings (SSSR count). The molecule has 0 spiro atoms. The summed E-state index contributed by atoms with van der Waals surface area (Å²) >= 11 is 0. The van der Waals surface area contributed by atoms with Crippen LogP contribution in [0.15, 0.2) is 74.6 Å². The zero-order valence-electron chi connectivity index (χ0n) is 20.4. The average molecular weight is 475 g/mol. The Bertz CT molecular complexity index is 1270. The molecule has 0 aliphatic heterocycles. The number of nitrogens with one attached hydrogen (secondary N) is 1. The summed E-state index contributed by atoms with van der Waals surface area (Å²) in [5.74, 6) is 2.26. The quantitative estimate of drug-likeness (QED) is 0.243. The molecular formula is C27H30N4O4. The number of hydrazone groups is 1. The lowest BCUT2D eigenvalue weighted by atomic mass is 10.3. The lowest BCUT2D eigenvalue weighted by molar-refractivity contribution is 0.0923. The molecule has 0 saturated heterocycles. The summed E-state index contributed by atoms with van der Waals surface area (Å²) in [6, 6.07) is 19.0. The Labute approximate surface area is 204 Å². The maximum absolute atomic E-state index is 12.3. The minimum absolute atomic E-state index is 0.151. The Balaban J connectivity index is 1.29. The van der Waals surface area contributed by atoms with Crippen LogP contribution >= 0.6 is 0 Å². The van der Waals surface area contributed by atoms with E-state index in [1.165, 1.54) is 17.6 Å². The van der Waals surface area contributed by atoms with Gasteiger partial charge >= 0.3 is 5.91 Å². The fourth-order valence-electron chi connectivity index (χ4n) is 3.83. The number of hydrogen-bond donors (Lipinski definition) is 1. The van der Waals surface area contributed by atoms with Crippen molar-refractivity contribution in [3.05, 3.63) is 89.3 Å². The SMILES string of the molecule is CCN(CC)c1ccc(C=NNC(=O)c2ccc(COc3ccc(-n4c(C)ccc4C)cc3)o2)o1. The second kappa shape index (κ2) is 10.8. The highest BCUT2D eigenvalue weighted by Gasteiger charge is 2.12. The lowest BCUT2D eigenvalue weighted by Gasteiger charge is -2.16. The van der Waals surface area contributed by atoms with E-state index in [2.05, 4.69) is 59.8 Å². The summed E-state index contributed by atoms with van der Waals surface area (Å²) in [6.07, 6.45) is 1.46. The fourth-order valence-corrected chi connectivity index (χ4v) is 3.83. The van der Waals surface area contributed by atoms with Crippen molar-refractivity contribution in [2.45, 2.75) is 34.3 Å². The molecule has 0 aliphatic carbocycles. The highest BCUT2D eigenvalue weighted by Crippen LogP contribution is 2.21. The van der Waals surface area contributed by atoms with Crippen molar-refractivity contribution >= 4 is 18.0 Å². The number of furan rings is 2. The largest absolute Gasteiger partial charge is 0.486 e. The van der Waals surface area contributed by atoms with Crippen LogP contribution in [0.5, 0.6) is 5.75 Å². The van der Waals surface area contributed by atoms with Crippen LogP contribution in [0.2, 0.25) is 0 Å². The van der Waals surface area contributed by atoms with Crippen LogP contribution in [0.1, 0.15) is 47.3 Å². The molecule has 0 bridgehead atoms. The van der Waals surface area contributed by atoms with Gasteiger partial charge in [0, 0.05) is 36.2 Å². The maximum Gasteiger partial charge on any atom is 0.307 e. The Morgan fingerprint density at radius 3 is 2.37 bits per heavy atom. The zero-order valence-corrected chi connectivity index (χ0v) is 20.4. The van der Waals surface area contributed by atoms with Gasteiger partial charge < -0.3 is 23.0 Å². The number of ether oxygens (including phenoxy) is 1. The third-order valence-electron chi connectivity index (χ3n) is 5.68. The molecule has 0 saturated carbocycles.